The Morgan fingerprint density at radius 3 is 2.52 bits per heavy atom. The highest BCUT2D eigenvalue weighted by atomic mass is 16.3. The fourth-order valence-electron chi connectivity index (χ4n) is 4.55. The molecule has 0 aromatic heterocycles. The molecule has 0 aliphatic carbocycles. The molecule has 4 nitrogen and oxygen atoms in total. The van der Waals surface area contributed by atoms with Gasteiger partial charge in [0.05, 0.1) is 0 Å². The second-order valence-electron chi connectivity index (χ2n) is 7.81. The molecule has 1 aliphatic heterocycles. The van der Waals surface area contributed by atoms with Crippen molar-refractivity contribution in [3.8, 4) is 5.75 Å². The molecule has 2 aromatic rings. The van der Waals surface area contributed by atoms with E-state index in [1.165, 1.54) is 5.56 Å². The first-order valence-electron chi connectivity index (χ1n) is 10.6. The quantitative estimate of drug-likeness (QED) is 0.709. The molecule has 0 radical (unpaired) electrons. The summed E-state index contributed by atoms with van der Waals surface area (Å²) in [6.45, 7) is 12.1. The number of phenolic OH excluding ortho intramolecular Hbond substituents is 1. The average molecular weight is 393 g/mol. The Labute approximate surface area is 174 Å². The summed E-state index contributed by atoms with van der Waals surface area (Å²) in [7, 11) is 0. The van der Waals surface area contributed by atoms with Crippen molar-refractivity contribution < 1.29 is 9.90 Å². The first kappa shape index (κ1) is 21.1. The van der Waals surface area contributed by atoms with Gasteiger partial charge in [0.1, 0.15) is 5.75 Å². The number of carbonyl (C=O) groups is 1. The predicted octanol–water partition coefficient (Wildman–Crippen LogP) is 4.44. The fourth-order valence-corrected chi connectivity index (χ4v) is 4.55. The zero-order valence-corrected chi connectivity index (χ0v) is 17.6. The summed E-state index contributed by atoms with van der Waals surface area (Å²) in [6, 6.07) is 15.7. The number of piperidine rings is 1. The van der Waals surface area contributed by atoms with Crippen molar-refractivity contribution in [3.05, 3.63) is 77.9 Å². The normalized spacial score (nSPS) is 19.7. The van der Waals surface area contributed by atoms with Gasteiger partial charge < -0.3 is 10.0 Å². The van der Waals surface area contributed by atoms with E-state index >= 15 is 0 Å². The molecule has 154 valence electrons. The Bertz CT molecular complexity index is 842. The monoisotopic (exact) mass is 392 g/mol. The molecule has 1 aliphatic rings. The van der Waals surface area contributed by atoms with Crippen LogP contribution in [-0.4, -0.2) is 53.5 Å². The number of nitrogens with zero attached hydrogens (tertiary/aromatic N) is 2. The number of amides is 1. The lowest BCUT2D eigenvalue weighted by molar-refractivity contribution is 0.0773. The third-order valence-electron chi connectivity index (χ3n) is 6.09. The Kier molecular flexibility index (Phi) is 6.75. The van der Waals surface area contributed by atoms with E-state index in [0.29, 0.717) is 13.1 Å². The highest BCUT2D eigenvalue weighted by Gasteiger charge is 2.38. The second-order valence-corrected chi connectivity index (χ2v) is 7.81. The van der Waals surface area contributed by atoms with E-state index in [0.717, 1.165) is 43.6 Å². The summed E-state index contributed by atoms with van der Waals surface area (Å²) in [5.41, 5.74) is 2.82. The minimum Gasteiger partial charge on any atom is -0.508 e. The second kappa shape index (κ2) is 9.27. The summed E-state index contributed by atoms with van der Waals surface area (Å²) in [4.78, 5) is 17.0. The molecule has 3 rings (SSSR count). The van der Waals surface area contributed by atoms with Crippen LogP contribution in [0.3, 0.4) is 0 Å². The molecule has 1 unspecified atom stereocenters. The van der Waals surface area contributed by atoms with E-state index in [4.69, 9.17) is 0 Å². The van der Waals surface area contributed by atoms with Gasteiger partial charge in [-0.05, 0) is 68.6 Å². The molecule has 2 aromatic carbocycles. The summed E-state index contributed by atoms with van der Waals surface area (Å²) in [6.07, 6.45) is 4.03. The molecule has 0 bridgehead atoms. The predicted molar refractivity (Wildman–Crippen MR) is 118 cm³/mol. The number of hydrogen-bond acceptors (Lipinski definition) is 3. The number of phenols is 1. The van der Waals surface area contributed by atoms with Crippen LogP contribution in [0.5, 0.6) is 5.75 Å². The van der Waals surface area contributed by atoms with Crippen LogP contribution in [0.1, 0.15) is 48.2 Å². The van der Waals surface area contributed by atoms with Crippen LogP contribution in [-0.2, 0) is 5.41 Å². The summed E-state index contributed by atoms with van der Waals surface area (Å²) < 4.78 is 0. The zero-order valence-electron chi connectivity index (χ0n) is 17.6. The molecule has 1 atom stereocenters. The van der Waals surface area contributed by atoms with E-state index < -0.39 is 0 Å². The first-order valence-corrected chi connectivity index (χ1v) is 10.6. The van der Waals surface area contributed by atoms with Crippen molar-refractivity contribution in [3.63, 3.8) is 0 Å². The van der Waals surface area contributed by atoms with Crippen LogP contribution in [0.25, 0.3) is 0 Å². The maximum atomic E-state index is 12.7. The lowest BCUT2D eigenvalue weighted by atomic mass is 9.69. The highest BCUT2D eigenvalue weighted by molar-refractivity contribution is 5.94. The van der Waals surface area contributed by atoms with Crippen LogP contribution in [0.4, 0.5) is 0 Å². The maximum Gasteiger partial charge on any atom is 0.253 e. The van der Waals surface area contributed by atoms with Gasteiger partial charge in [-0.25, -0.2) is 0 Å². The van der Waals surface area contributed by atoms with E-state index in [-0.39, 0.29) is 17.1 Å². The van der Waals surface area contributed by atoms with Gasteiger partial charge in [-0.15, -0.1) is 6.58 Å². The molecule has 1 saturated heterocycles. The summed E-state index contributed by atoms with van der Waals surface area (Å²) in [5.74, 6) is 0.362. The van der Waals surface area contributed by atoms with Gasteiger partial charge >= 0.3 is 0 Å². The van der Waals surface area contributed by atoms with Crippen LogP contribution >= 0.6 is 0 Å². The minimum atomic E-state index is -0.212. The number of hydrogen-bond donors (Lipinski definition) is 1. The van der Waals surface area contributed by atoms with Crippen molar-refractivity contribution in [1.29, 1.82) is 0 Å². The molecule has 1 heterocycles. The van der Waals surface area contributed by atoms with Gasteiger partial charge in [0, 0.05) is 37.2 Å². The van der Waals surface area contributed by atoms with Gasteiger partial charge in [-0.2, -0.15) is 0 Å². The fraction of sp³-hybridized carbons (Fsp3) is 0.400. The van der Waals surface area contributed by atoms with E-state index in [9.17, 15) is 9.90 Å². The zero-order chi connectivity index (χ0) is 20.9. The van der Waals surface area contributed by atoms with Crippen molar-refractivity contribution in [1.82, 2.24) is 9.80 Å². The Balaban J connectivity index is 2.01. The third-order valence-corrected chi connectivity index (χ3v) is 6.09. The van der Waals surface area contributed by atoms with Crippen molar-refractivity contribution in [2.75, 3.05) is 32.7 Å². The molecular formula is C25H32N2O2. The average Bonchev–Trinajstić information content (AvgIpc) is 2.75. The largest absolute Gasteiger partial charge is 0.508 e. The van der Waals surface area contributed by atoms with Crippen LogP contribution in [0, 0.1) is 0 Å². The summed E-state index contributed by atoms with van der Waals surface area (Å²) >= 11 is 0. The van der Waals surface area contributed by atoms with E-state index in [2.05, 4.69) is 29.7 Å². The van der Waals surface area contributed by atoms with Crippen LogP contribution < -0.4 is 0 Å². The maximum absolute atomic E-state index is 12.7. The number of rotatable bonds is 7. The molecule has 1 amide bonds. The van der Waals surface area contributed by atoms with E-state index in [1.54, 1.807) is 6.07 Å². The molecular weight excluding hydrogens is 360 g/mol. The number of carbonyl (C=O) groups excluding carboxylic acids is 1. The van der Waals surface area contributed by atoms with Gasteiger partial charge in [0.15, 0.2) is 0 Å². The Morgan fingerprint density at radius 1 is 1.17 bits per heavy atom. The van der Waals surface area contributed by atoms with Gasteiger partial charge in [-0.3, -0.25) is 9.69 Å². The standard InChI is InChI=1S/C25H32N2O2/c1-4-16-26-17-8-15-25(19-26,22-9-7-10-23(28)18-22)21-13-11-20(12-14-21)24(29)27(5-2)6-3/h4,7,9-14,18,28H,1,5-6,8,15-17,19H2,2-3H3. The van der Waals surface area contributed by atoms with Crippen molar-refractivity contribution in [2.45, 2.75) is 32.1 Å². The molecule has 4 heteroatoms. The topological polar surface area (TPSA) is 43.8 Å². The number of aromatic hydroxyl groups is 1. The lowest BCUT2D eigenvalue weighted by Crippen LogP contribution is -2.46. The minimum absolute atomic E-state index is 0.0740. The van der Waals surface area contributed by atoms with Crippen LogP contribution in [0.2, 0.25) is 0 Å². The molecule has 0 saturated carbocycles. The summed E-state index contributed by atoms with van der Waals surface area (Å²) in [5, 5.41) is 10.1. The molecule has 0 spiro atoms. The third kappa shape index (κ3) is 4.38. The van der Waals surface area contributed by atoms with Crippen LogP contribution in [0.15, 0.2) is 61.2 Å². The van der Waals surface area contributed by atoms with Crippen molar-refractivity contribution >= 4 is 5.91 Å². The Morgan fingerprint density at radius 2 is 1.90 bits per heavy atom. The number of benzene rings is 2. The smallest absolute Gasteiger partial charge is 0.253 e. The first-order chi connectivity index (χ1) is 14.0. The Hall–Kier alpha value is -2.59. The number of likely N-dealkylation sites (tertiary alicyclic amines) is 1. The van der Waals surface area contributed by atoms with Gasteiger partial charge in [0.2, 0.25) is 0 Å². The van der Waals surface area contributed by atoms with Gasteiger partial charge in [0.25, 0.3) is 5.91 Å². The van der Waals surface area contributed by atoms with Crippen molar-refractivity contribution in [2.24, 2.45) is 0 Å². The molecule has 1 fully saturated rings. The SMILES string of the molecule is C=CCN1CCCC(c2ccc(C(=O)N(CC)CC)cc2)(c2cccc(O)c2)C1. The van der Waals surface area contributed by atoms with E-state index in [1.807, 2.05) is 49.1 Å². The molecule has 29 heavy (non-hydrogen) atoms. The molecule has 1 N–H and O–H groups in total. The lowest BCUT2D eigenvalue weighted by Gasteiger charge is -2.43. The van der Waals surface area contributed by atoms with Gasteiger partial charge in [-0.1, -0.05) is 30.3 Å². The highest BCUT2D eigenvalue weighted by Crippen LogP contribution is 2.41.